The molecule has 10 heteroatoms. The van der Waals surface area contributed by atoms with Crippen LogP contribution < -0.4 is 10.6 Å². The lowest BCUT2D eigenvalue weighted by atomic mass is 10.1. The van der Waals surface area contributed by atoms with Gasteiger partial charge in [0.05, 0.1) is 13.2 Å². The Labute approximate surface area is 195 Å². The Hall–Kier alpha value is -2.85. The molecule has 2 aliphatic rings. The van der Waals surface area contributed by atoms with Crippen molar-refractivity contribution < 1.29 is 23.9 Å². The first kappa shape index (κ1) is 24.8. The number of amides is 4. The van der Waals surface area contributed by atoms with E-state index in [1.807, 2.05) is 20.8 Å². The predicted molar refractivity (Wildman–Crippen MR) is 124 cm³/mol. The molecule has 2 N–H and O–H groups in total. The van der Waals surface area contributed by atoms with Crippen LogP contribution in [0.25, 0.3) is 0 Å². The topological polar surface area (TPSA) is 103 Å². The van der Waals surface area contributed by atoms with E-state index >= 15 is 0 Å². The van der Waals surface area contributed by atoms with E-state index in [0.29, 0.717) is 63.7 Å². The highest BCUT2D eigenvalue weighted by Gasteiger charge is 2.25. The molecule has 0 bridgehead atoms. The number of hydrogen-bond donors (Lipinski definition) is 2. The number of anilines is 1. The van der Waals surface area contributed by atoms with E-state index in [1.165, 1.54) is 0 Å². The minimum atomic E-state index is -0.499. The van der Waals surface area contributed by atoms with E-state index in [2.05, 4.69) is 15.5 Å². The lowest BCUT2D eigenvalue weighted by Gasteiger charge is -2.35. The molecule has 0 aromatic heterocycles. The fourth-order valence-electron chi connectivity index (χ4n) is 3.66. The molecule has 0 radical (unpaired) electrons. The number of nitrogens with zero attached hydrogens (tertiary/aromatic N) is 3. The molecule has 2 aliphatic heterocycles. The Morgan fingerprint density at radius 2 is 1.70 bits per heavy atom. The molecule has 0 atom stereocenters. The summed E-state index contributed by atoms with van der Waals surface area (Å²) in [5.41, 5.74) is 0.607. The molecule has 2 fully saturated rings. The Morgan fingerprint density at radius 3 is 2.36 bits per heavy atom. The second-order valence-corrected chi connectivity index (χ2v) is 9.18. The Morgan fingerprint density at radius 1 is 1.00 bits per heavy atom. The average molecular weight is 462 g/mol. The van der Waals surface area contributed by atoms with Crippen molar-refractivity contribution in [2.45, 2.75) is 26.4 Å². The van der Waals surface area contributed by atoms with Crippen molar-refractivity contribution >= 4 is 23.7 Å². The first-order valence-corrected chi connectivity index (χ1v) is 11.4. The van der Waals surface area contributed by atoms with Crippen molar-refractivity contribution in [2.24, 2.45) is 0 Å². The third kappa shape index (κ3) is 7.90. The zero-order chi connectivity index (χ0) is 23.8. The van der Waals surface area contributed by atoms with Gasteiger partial charge < -0.3 is 29.9 Å². The summed E-state index contributed by atoms with van der Waals surface area (Å²) in [6.45, 7) is 11.6. The summed E-state index contributed by atoms with van der Waals surface area (Å²) in [5, 5.41) is 5.63. The smallest absolute Gasteiger partial charge is 0.410 e. The minimum Gasteiger partial charge on any atom is -0.444 e. The molecule has 0 unspecified atom stereocenters. The predicted octanol–water partition coefficient (Wildman–Crippen LogP) is 1.83. The van der Waals surface area contributed by atoms with Gasteiger partial charge in [-0.1, -0.05) is 6.07 Å². The molecule has 0 spiro atoms. The highest BCUT2D eigenvalue weighted by molar-refractivity contribution is 5.97. The van der Waals surface area contributed by atoms with Crippen LogP contribution in [0.1, 0.15) is 31.1 Å². The number of ether oxygens (including phenoxy) is 2. The highest BCUT2D eigenvalue weighted by Crippen LogP contribution is 2.14. The standard InChI is InChI=1S/C23H35N5O5/c1-23(2,3)33-22(31)28-11-9-26(10-12-28)8-7-24-21(30)25-19-6-4-5-18(17-19)20(29)27-13-15-32-16-14-27/h4-6,17H,7-16H2,1-3H3,(H2,24,25,30). The largest absolute Gasteiger partial charge is 0.444 e. The van der Waals surface area contributed by atoms with Crippen molar-refractivity contribution in [2.75, 3.05) is 70.9 Å². The second kappa shape index (κ2) is 11.3. The second-order valence-electron chi connectivity index (χ2n) is 9.18. The summed E-state index contributed by atoms with van der Waals surface area (Å²) in [5.74, 6) is -0.0621. The number of piperazine rings is 1. The molecule has 3 rings (SSSR count). The van der Waals surface area contributed by atoms with E-state index in [0.717, 1.165) is 13.1 Å². The van der Waals surface area contributed by atoms with Gasteiger partial charge in [0, 0.05) is 63.6 Å². The Balaban J connectivity index is 1.37. The van der Waals surface area contributed by atoms with Gasteiger partial charge in [0.15, 0.2) is 0 Å². The number of benzene rings is 1. The van der Waals surface area contributed by atoms with Crippen LogP contribution in [0, 0.1) is 0 Å². The van der Waals surface area contributed by atoms with Gasteiger partial charge in [-0.05, 0) is 39.0 Å². The molecule has 4 amide bonds. The normalized spacial score (nSPS) is 17.4. The summed E-state index contributed by atoms with van der Waals surface area (Å²) >= 11 is 0. The molecule has 2 saturated heterocycles. The average Bonchev–Trinajstić information content (AvgIpc) is 2.78. The van der Waals surface area contributed by atoms with Gasteiger partial charge in [-0.15, -0.1) is 0 Å². The van der Waals surface area contributed by atoms with Gasteiger partial charge in [0.2, 0.25) is 0 Å². The third-order valence-corrected chi connectivity index (χ3v) is 5.40. The van der Waals surface area contributed by atoms with Gasteiger partial charge >= 0.3 is 12.1 Å². The maximum Gasteiger partial charge on any atom is 0.410 e. The maximum absolute atomic E-state index is 12.6. The fraction of sp³-hybridized carbons (Fsp3) is 0.609. The molecule has 0 saturated carbocycles. The Kier molecular flexibility index (Phi) is 8.51. The number of urea groups is 1. The van der Waals surface area contributed by atoms with E-state index in [1.54, 1.807) is 34.1 Å². The number of rotatable bonds is 5. The summed E-state index contributed by atoms with van der Waals surface area (Å²) in [6, 6.07) is 6.63. The van der Waals surface area contributed by atoms with E-state index in [-0.39, 0.29) is 18.0 Å². The summed E-state index contributed by atoms with van der Waals surface area (Å²) in [6.07, 6.45) is -0.283. The molecular weight excluding hydrogens is 426 g/mol. The lowest BCUT2D eigenvalue weighted by molar-refractivity contribution is 0.0147. The van der Waals surface area contributed by atoms with Crippen LogP contribution in [0.15, 0.2) is 24.3 Å². The minimum absolute atomic E-state index is 0.0621. The van der Waals surface area contributed by atoms with Crippen LogP contribution in [0.5, 0.6) is 0 Å². The van der Waals surface area contributed by atoms with Gasteiger partial charge in [-0.2, -0.15) is 0 Å². The molecule has 0 aliphatic carbocycles. The zero-order valence-corrected chi connectivity index (χ0v) is 19.8. The molecule has 33 heavy (non-hydrogen) atoms. The summed E-state index contributed by atoms with van der Waals surface area (Å²) in [4.78, 5) is 42.7. The molecule has 2 heterocycles. The fourth-order valence-corrected chi connectivity index (χ4v) is 3.66. The first-order valence-electron chi connectivity index (χ1n) is 11.4. The first-order chi connectivity index (χ1) is 15.7. The van der Waals surface area contributed by atoms with Gasteiger partial charge in [0.1, 0.15) is 5.60 Å². The molecule has 1 aromatic carbocycles. The van der Waals surface area contributed by atoms with Crippen LogP contribution in [0.3, 0.4) is 0 Å². The summed E-state index contributed by atoms with van der Waals surface area (Å²) in [7, 11) is 0. The number of carbonyl (C=O) groups excluding carboxylic acids is 3. The summed E-state index contributed by atoms with van der Waals surface area (Å²) < 4.78 is 10.7. The maximum atomic E-state index is 12.6. The van der Waals surface area contributed by atoms with Crippen LogP contribution in [-0.2, 0) is 9.47 Å². The molecular formula is C23H35N5O5. The number of hydrogen-bond acceptors (Lipinski definition) is 6. The van der Waals surface area contributed by atoms with Crippen molar-refractivity contribution in [1.82, 2.24) is 20.0 Å². The van der Waals surface area contributed by atoms with Crippen LogP contribution in [0.4, 0.5) is 15.3 Å². The third-order valence-electron chi connectivity index (χ3n) is 5.40. The van der Waals surface area contributed by atoms with Crippen LogP contribution in [0.2, 0.25) is 0 Å². The van der Waals surface area contributed by atoms with Crippen molar-refractivity contribution in [3.8, 4) is 0 Å². The Bertz CT molecular complexity index is 827. The van der Waals surface area contributed by atoms with E-state index < -0.39 is 5.60 Å². The monoisotopic (exact) mass is 461 g/mol. The zero-order valence-electron chi connectivity index (χ0n) is 19.8. The number of morpholine rings is 1. The SMILES string of the molecule is CC(C)(C)OC(=O)N1CCN(CCNC(=O)Nc2cccc(C(=O)N3CCOCC3)c2)CC1. The van der Waals surface area contributed by atoms with Gasteiger partial charge in [-0.3, -0.25) is 9.69 Å². The van der Waals surface area contributed by atoms with Crippen LogP contribution in [-0.4, -0.2) is 104 Å². The van der Waals surface area contributed by atoms with E-state index in [4.69, 9.17) is 9.47 Å². The van der Waals surface area contributed by atoms with Gasteiger partial charge in [-0.25, -0.2) is 9.59 Å². The van der Waals surface area contributed by atoms with Crippen molar-refractivity contribution in [3.63, 3.8) is 0 Å². The number of nitrogens with one attached hydrogen (secondary N) is 2. The lowest BCUT2D eigenvalue weighted by Crippen LogP contribution is -2.51. The quantitative estimate of drug-likeness (QED) is 0.694. The van der Waals surface area contributed by atoms with Crippen molar-refractivity contribution in [1.29, 1.82) is 0 Å². The highest BCUT2D eigenvalue weighted by atomic mass is 16.6. The van der Waals surface area contributed by atoms with Gasteiger partial charge in [0.25, 0.3) is 5.91 Å². The van der Waals surface area contributed by atoms with Crippen LogP contribution >= 0.6 is 0 Å². The van der Waals surface area contributed by atoms with Crippen molar-refractivity contribution in [3.05, 3.63) is 29.8 Å². The van der Waals surface area contributed by atoms with E-state index in [9.17, 15) is 14.4 Å². The molecule has 182 valence electrons. The molecule has 10 nitrogen and oxygen atoms in total. The number of carbonyl (C=O) groups is 3. The molecule has 1 aromatic rings.